The minimum absolute atomic E-state index is 0.121. The van der Waals surface area contributed by atoms with Crippen LogP contribution in [0, 0.1) is 6.92 Å². The fraction of sp³-hybridized carbons (Fsp3) is 0.231. The summed E-state index contributed by atoms with van der Waals surface area (Å²) in [7, 11) is 3.07. The topological polar surface area (TPSA) is 48.4 Å². The lowest BCUT2D eigenvalue weighted by molar-refractivity contribution is 0.103. The summed E-state index contributed by atoms with van der Waals surface area (Å²) in [6.07, 6.45) is 0. The highest BCUT2D eigenvalue weighted by atomic mass is 32.1. The molecule has 0 bridgehead atoms. The molecule has 2 aromatic rings. The smallest absolute Gasteiger partial charge is 0.212 e. The summed E-state index contributed by atoms with van der Waals surface area (Å²) in [5.74, 6) is 0.892. The molecule has 0 aliphatic carbocycles. The molecule has 1 aromatic heterocycles. The van der Waals surface area contributed by atoms with Crippen LogP contribution in [0.5, 0.6) is 11.5 Å². The highest BCUT2D eigenvalue weighted by molar-refractivity contribution is 7.12. The number of carbonyl (C=O) groups is 1. The molecule has 0 saturated heterocycles. The van der Waals surface area contributed by atoms with Crippen LogP contribution in [0.2, 0.25) is 0 Å². The first-order valence-electron chi connectivity index (χ1n) is 5.34. The van der Waals surface area contributed by atoms with Crippen molar-refractivity contribution in [3.63, 3.8) is 0 Å². The maximum atomic E-state index is 12.5. The zero-order valence-corrected chi connectivity index (χ0v) is 11.2. The van der Waals surface area contributed by atoms with Crippen LogP contribution in [0.3, 0.4) is 0 Å². The normalized spacial score (nSPS) is 10.2. The Balaban J connectivity index is 2.56. The number of hydrogen-bond acceptors (Lipinski definition) is 5. The first-order valence-corrected chi connectivity index (χ1v) is 6.22. The van der Waals surface area contributed by atoms with Gasteiger partial charge in [0.05, 0.1) is 30.3 Å². The number of methoxy groups -OCH3 is 2. The van der Waals surface area contributed by atoms with Gasteiger partial charge in [-0.05, 0) is 19.1 Å². The van der Waals surface area contributed by atoms with Crippen molar-refractivity contribution in [2.24, 2.45) is 0 Å². The summed E-state index contributed by atoms with van der Waals surface area (Å²) in [6.45, 7) is 1.81. The second-order valence-corrected chi connectivity index (χ2v) is 4.49. The number of ketones is 1. The molecule has 1 aromatic carbocycles. The lowest BCUT2D eigenvalue weighted by Crippen LogP contribution is -2.06. The number of carbonyl (C=O) groups excluding carboxylic acids is 1. The summed E-state index contributed by atoms with van der Waals surface area (Å²) in [5.41, 5.74) is 2.82. The van der Waals surface area contributed by atoms with E-state index in [0.717, 1.165) is 5.69 Å². The molecule has 94 valence electrons. The van der Waals surface area contributed by atoms with E-state index >= 15 is 0 Å². The van der Waals surface area contributed by atoms with Crippen molar-refractivity contribution in [2.45, 2.75) is 6.92 Å². The second kappa shape index (κ2) is 5.18. The number of aromatic nitrogens is 1. The quantitative estimate of drug-likeness (QED) is 0.796. The van der Waals surface area contributed by atoms with Gasteiger partial charge in [0.25, 0.3) is 0 Å². The second-order valence-electron chi connectivity index (χ2n) is 3.63. The van der Waals surface area contributed by atoms with E-state index in [1.165, 1.54) is 25.6 Å². The van der Waals surface area contributed by atoms with Crippen molar-refractivity contribution in [2.75, 3.05) is 14.2 Å². The Morgan fingerprint density at radius 3 is 2.28 bits per heavy atom. The van der Waals surface area contributed by atoms with Gasteiger partial charge in [-0.2, -0.15) is 0 Å². The van der Waals surface area contributed by atoms with Gasteiger partial charge >= 0.3 is 0 Å². The summed E-state index contributed by atoms with van der Waals surface area (Å²) in [4.78, 5) is 17.2. The molecule has 0 unspecified atom stereocenters. The van der Waals surface area contributed by atoms with Crippen molar-refractivity contribution >= 4 is 17.1 Å². The molecule has 0 aliphatic heterocycles. The van der Waals surface area contributed by atoms with Crippen molar-refractivity contribution < 1.29 is 14.3 Å². The monoisotopic (exact) mass is 263 g/mol. The molecule has 5 heteroatoms. The van der Waals surface area contributed by atoms with E-state index in [2.05, 4.69) is 4.98 Å². The Labute approximate surface area is 109 Å². The number of ether oxygens (including phenoxy) is 2. The van der Waals surface area contributed by atoms with Crippen LogP contribution >= 0.6 is 11.3 Å². The molecule has 0 aliphatic rings. The van der Waals surface area contributed by atoms with Crippen molar-refractivity contribution in [1.82, 2.24) is 4.98 Å². The molecule has 4 nitrogen and oxygen atoms in total. The van der Waals surface area contributed by atoms with Gasteiger partial charge in [-0.1, -0.05) is 6.07 Å². The van der Waals surface area contributed by atoms with Crippen LogP contribution < -0.4 is 9.47 Å². The van der Waals surface area contributed by atoms with Gasteiger partial charge in [0.15, 0.2) is 0 Å². The molecule has 0 saturated carbocycles. The highest BCUT2D eigenvalue weighted by Crippen LogP contribution is 2.32. The fourth-order valence-corrected chi connectivity index (χ4v) is 2.46. The minimum Gasteiger partial charge on any atom is -0.496 e. The fourth-order valence-electron chi connectivity index (χ4n) is 1.71. The molecule has 0 N–H and O–H groups in total. The number of thiazole rings is 1. The average molecular weight is 263 g/mol. The predicted molar refractivity (Wildman–Crippen MR) is 69.8 cm³/mol. The number of aryl methyl sites for hydroxylation is 1. The van der Waals surface area contributed by atoms with Gasteiger partial charge in [-0.25, -0.2) is 4.98 Å². The number of benzene rings is 1. The van der Waals surface area contributed by atoms with E-state index in [9.17, 15) is 4.79 Å². The molecule has 0 amide bonds. The lowest BCUT2D eigenvalue weighted by atomic mass is 10.1. The van der Waals surface area contributed by atoms with Gasteiger partial charge in [-0.15, -0.1) is 11.3 Å². The molecule has 2 rings (SSSR count). The molecule has 0 fully saturated rings. The van der Waals surface area contributed by atoms with Crippen molar-refractivity contribution in [3.8, 4) is 11.5 Å². The molecule has 0 atom stereocenters. The predicted octanol–water partition coefficient (Wildman–Crippen LogP) is 2.70. The van der Waals surface area contributed by atoms with Crippen LogP contribution in [0.25, 0.3) is 0 Å². The SMILES string of the molecule is COc1cccc(OC)c1C(=O)c1scnc1C. The summed E-state index contributed by atoms with van der Waals surface area (Å²) >= 11 is 1.32. The first-order chi connectivity index (χ1) is 8.69. The maximum Gasteiger partial charge on any atom is 0.212 e. The Bertz CT molecular complexity index is 555. The Kier molecular flexibility index (Phi) is 3.62. The lowest BCUT2D eigenvalue weighted by Gasteiger charge is -2.11. The third kappa shape index (κ3) is 2.09. The van der Waals surface area contributed by atoms with Crippen LogP contribution in [0.4, 0.5) is 0 Å². The Hall–Kier alpha value is -1.88. The van der Waals surface area contributed by atoms with E-state index in [0.29, 0.717) is 21.9 Å². The van der Waals surface area contributed by atoms with Gasteiger partial charge < -0.3 is 9.47 Å². The molecular weight excluding hydrogens is 250 g/mol. The zero-order chi connectivity index (χ0) is 13.1. The van der Waals surface area contributed by atoms with Crippen LogP contribution in [0.1, 0.15) is 20.9 Å². The van der Waals surface area contributed by atoms with E-state index < -0.39 is 0 Å². The van der Waals surface area contributed by atoms with Gasteiger partial charge in [-0.3, -0.25) is 4.79 Å². The molecule has 1 heterocycles. The maximum absolute atomic E-state index is 12.5. The van der Waals surface area contributed by atoms with Gasteiger partial charge in [0, 0.05) is 0 Å². The summed E-state index contributed by atoms with van der Waals surface area (Å²) < 4.78 is 10.5. The van der Waals surface area contributed by atoms with Crippen molar-refractivity contribution in [3.05, 3.63) is 39.8 Å². The van der Waals surface area contributed by atoms with Crippen LogP contribution in [0.15, 0.2) is 23.7 Å². The third-order valence-electron chi connectivity index (χ3n) is 2.61. The Morgan fingerprint density at radius 2 is 1.83 bits per heavy atom. The summed E-state index contributed by atoms with van der Waals surface area (Å²) in [6, 6.07) is 5.27. The zero-order valence-electron chi connectivity index (χ0n) is 10.4. The molecule has 0 spiro atoms. The van der Waals surface area contributed by atoms with Crippen LogP contribution in [-0.4, -0.2) is 25.0 Å². The Morgan fingerprint density at radius 1 is 1.22 bits per heavy atom. The van der Waals surface area contributed by atoms with E-state index in [4.69, 9.17) is 9.47 Å². The first kappa shape index (κ1) is 12.6. The van der Waals surface area contributed by atoms with Gasteiger partial charge in [0.1, 0.15) is 17.1 Å². The summed E-state index contributed by atoms with van der Waals surface area (Å²) in [5, 5.41) is 0. The molecular formula is C13H13NO3S. The van der Waals surface area contributed by atoms with E-state index in [1.807, 2.05) is 6.92 Å². The third-order valence-corrected chi connectivity index (χ3v) is 3.53. The van der Waals surface area contributed by atoms with Crippen molar-refractivity contribution in [1.29, 1.82) is 0 Å². The largest absolute Gasteiger partial charge is 0.496 e. The van der Waals surface area contributed by atoms with Gasteiger partial charge in [0.2, 0.25) is 5.78 Å². The molecule has 18 heavy (non-hydrogen) atoms. The van der Waals surface area contributed by atoms with Crippen LogP contribution in [-0.2, 0) is 0 Å². The number of rotatable bonds is 4. The standard InChI is InChI=1S/C13H13NO3S/c1-8-13(18-7-14-8)12(15)11-9(16-2)5-4-6-10(11)17-3/h4-7H,1-3H3. The van der Waals surface area contributed by atoms with E-state index in [1.54, 1.807) is 23.7 Å². The number of hydrogen-bond donors (Lipinski definition) is 0. The van der Waals surface area contributed by atoms with E-state index in [-0.39, 0.29) is 5.78 Å². The molecule has 0 radical (unpaired) electrons. The highest BCUT2D eigenvalue weighted by Gasteiger charge is 2.22. The number of nitrogens with zero attached hydrogens (tertiary/aromatic N) is 1. The minimum atomic E-state index is -0.121. The average Bonchev–Trinajstić information content (AvgIpc) is 2.83.